The maximum absolute atomic E-state index is 11.3. The van der Waals surface area contributed by atoms with Gasteiger partial charge in [-0.3, -0.25) is 9.78 Å². The van der Waals surface area contributed by atoms with Crippen molar-refractivity contribution in [3.63, 3.8) is 0 Å². The summed E-state index contributed by atoms with van der Waals surface area (Å²) in [6.45, 7) is 2.50. The van der Waals surface area contributed by atoms with Crippen LogP contribution in [0.4, 0.5) is 5.82 Å². The van der Waals surface area contributed by atoms with E-state index in [0.29, 0.717) is 18.8 Å². The van der Waals surface area contributed by atoms with E-state index in [1.165, 1.54) is 6.20 Å². The van der Waals surface area contributed by atoms with Gasteiger partial charge in [0.25, 0.3) is 5.91 Å². The van der Waals surface area contributed by atoms with Crippen LogP contribution >= 0.6 is 11.6 Å². The molecule has 0 bridgehead atoms. The number of rotatable bonds is 5. The van der Waals surface area contributed by atoms with Gasteiger partial charge in [0.05, 0.1) is 5.56 Å². The van der Waals surface area contributed by atoms with Gasteiger partial charge in [0, 0.05) is 30.6 Å². The predicted molar refractivity (Wildman–Crippen MR) is 76.7 cm³/mol. The molecular formula is C13H14ClN5O. The molecule has 0 radical (unpaired) electrons. The standard InChI is InChI=1S/C13H14ClN5O/c1-8-3-2-4-9(18-8)5-6-16-12-10(11(15)20)7-17-13(14)19-12/h2-4,7H,5-6H2,1H3,(H2,15,20)(H,16,17,19). The molecule has 0 atom stereocenters. The van der Waals surface area contributed by atoms with Crippen molar-refractivity contribution in [1.29, 1.82) is 0 Å². The van der Waals surface area contributed by atoms with Gasteiger partial charge in [0.15, 0.2) is 0 Å². The highest BCUT2D eigenvalue weighted by molar-refractivity contribution is 6.28. The third kappa shape index (κ3) is 3.64. The molecule has 0 saturated heterocycles. The van der Waals surface area contributed by atoms with E-state index in [1.807, 2.05) is 25.1 Å². The lowest BCUT2D eigenvalue weighted by molar-refractivity contribution is 0.100. The summed E-state index contributed by atoms with van der Waals surface area (Å²) in [6, 6.07) is 5.83. The van der Waals surface area contributed by atoms with Crippen LogP contribution in [-0.4, -0.2) is 27.4 Å². The van der Waals surface area contributed by atoms with Gasteiger partial charge in [0.1, 0.15) is 5.82 Å². The van der Waals surface area contributed by atoms with Crippen molar-refractivity contribution in [3.8, 4) is 0 Å². The highest BCUT2D eigenvalue weighted by Gasteiger charge is 2.11. The molecule has 1 amide bonds. The average Bonchev–Trinajstić information content (AvgIpc) is 2.38. The molecule has 7 heteroatoms. The van der Waals surface area contributed by atoms with Crippen molar-refractivity contribution >= 4 is 23.3 Å². The van der Waals surface area contributed by atoms with Gasteiger partial charge in [-0.15, -0.1) is 0 Å². The quantitative estimate of drug-likeness (QED) is 0.816. The Labute approximate surface area is 121 Å². The fourth-order valence-electron chi connectivity index (χ4n) is 1.72. The number of pyridine rings is 1. The Morgan fingerprint density at radius 2 is 2.20 bits per heavy atom. The number of aryl methyl sites for hydroxylation is 1. The SMILES string of the molecule is Cc1cccc(CCNc2nc(Cl)ncc2C(N)=O)n1. The summed E-state index contributed by atoms with van der Waals surface area (Å²) in [4.78, 5) is 23.4. The lowest BCUT2D eigenvalue weighted by Gasteiger charge is -2.08. The van der Waals surface area contributed by atoms with Crippen LogP contribution in [0.3, 0.4) is 0 Å². The first-order valence-corrected chi connectivity index (χ1v) is 6.43. The molecule has 0 aliphatic carbocycles. The van der Waals surface area contributed by atoms with Gasteiger partial charge in [-0.05, 0) is 30.7 Å². The number of anilines is 1. The summed E-state index contributed by atoms with van der Waals surface area (Å²) >= 11 is 5.71. The summed E-state index contributed by atoms with van der Waals surface area (Å²) in [5.41, 5.74) is 7.39. The number of hydrogen-bond donors (Lipinski definition) is 2. The summed E-state index contributed by atoms with van der Waals surface area (Å²) in [5, 5.41) is 3.09. The molecular weight excluding hydrogens is 278 g/mol. The Kier molecular flexibility index (Phi) is 4.47. The molecule has 2 aromatic rings. The van der Waals surface area contributed by atoms with Crippen LogP contribution in [0.15, 0.2) is 24.4 Å². The molecule has 3 N–H and O–H groups in total. The molecule has 0 spiro atoms. The number of aromatic nitrogens is 3. The minimum Gasteiger partial charge on any atom is -0.369 e. The Bertz CT molecular complexity index is 632. The zero-order chi connectivity index (χ0) is 14.5. The molecule has 2 rings (SSSR count). The second-order valence-electron chi connectivity index (χ2n) is 4.21. The van der Waals surface area contributed by atoms with E-state index >= 15 is 0 Å². The van der Waals surface area contributed by atoms with E-state index in [0.717, 1.165) is 11.4 Å². The van der Waals surface area contributed by atoms with E-state index in [2.05, 4.69) is 20.3 Å². The van der Waals surface area contributed by atoms with Crippen molar-refractivity contribution in [1.82, 2.24) is 15.0 Å². The smallest absolute Gasteiger partial charge is 0.254 e. The van der Waals surface area contributed by atoms with E-state index in [9.17, 15) is 4.79 Å². The normalized spacial score (nSPS) is 10.3. The van der Waals surface area contributed by atoms with Gasteiger partial charge in [0.2, 0.25) is 5.28 Å². The van der Waals surface area contributed by atoms with Crippen LogP contribution in [0, 0.1) is 6.92 Å². The number of carbonyl (C=O) groups is 1. The lowest BCUT2D eigenvalue weighted by Crippen LogP contribution is -2.17. The molecule has 2 aromatic heterocycles. The molecule has 0 saturated carbocycles. The Morgan fingerprint density at radius 3 is 2.90 bits per heavy atom. The van der Waals surface area contributed by atoms with Gasteiger partial charge in [-0.1, -0.05) is 6.07 Å². The van der Waals surface area contributed by atoms with Crippen LogP contribution < -0.4 is 11.1 Å². The Balaban J connectivity index is 2.04. The molecule has 6 nitrogen and oxygen atoms in total. The largest absolute Gasteiger partial charge is 0.369 e. The third-order valence-corrected chi connectivity index (χ3v) is 2.83. The van der Waals surface area contributed by atoms with Crippen molar-refractivity contribution in [2.45, 2.75) is 13.3 Å². The zero-order valence-electron chi connectivity index (χ0n) is 10.9. The van der Waals surface area contributed by atoms with Crippen molar-refractivity contribution < 1.29 is 4.79 Å². The average molecular weight is 292 g/mol. The molecule has 20 heavy (non-hydrogen) atoms. The summed E-state index contributed by atoms with van der Waals surface area (Å²) in [7, 11) is 0. The molecule has 0 aromatic carbocycles. The van der Waals surface area contributed by atoms with Crippen LogP contribution in [-0.2, 0) is 6.42 Å². The van der Waals surface area contributed by atoms with Gasteiger partial charge < -0.3 is 11.1 Å². The number of nitrogens with one attached hydrogen (secondary N) is 1. The highest BCUT2D eigenvalue weighted by atomic mass is 35.5. The van der Waals surface area contributed by atoms with E-state index in [4.69, 9.17) is 17.3 Å². The van der Waals surface area contributed by atoms with E-state index in [-0.39, 0.29) is 10.8 Å². The number of primary amides is 1. The fraction of sp³-hybridized carbons (Fsp3) is 0.231. The lowest BCUT2D eigenvalue weighted by atomic mass is 10.2. The van der Waals surface area contributed by atoms with Crippen LogP contribution in [0.5, 0.6) is 0 Å². The monoisotopic (exact) mass is 291 g/mol. The van der Waals surface area contributed by atoms with Crippen LogP contribution in [0.25, 0.3) is 0 Å². The minimum atomic E-state index is -0.599. The first-order chi connectivity index (χ1) is 9.56. The maximum atomic E-state index is 11.3. The second kappa shape index (κ2) is 6.29. The van der Waals surface area contributed by atoms with Gasteiger partial charge >= 0.3 is 0 Å². The van der Waals surface area contributed by atoms with Gasteiger partial charge in [-0.2, -0.15) is 4.98 Å². The number of nitrogens with zero attached hydrogens (tertiary/aromatic N) is 3. The molecule has 0 fully saturated rings. The molecule has 0 unspecified atom stereocenters. The fourth-order valence-corrected chi connectivity index (χ4v) is 1.86. The van der Waals surface area contributed by atoms with Crippen molar-refractivity contribution in [2.75, 3.05) is 11.9 Å². The number of nitrogens with two attached hydrogens (primary N) is 1. The van der Waals surface area contributed by atoms with Crippen LogP contribution in [0.1, 0.15) is 21.7 Å². The predicted octanol–water partition coefficient (Wildman–Crippen LogP) is 1.59. The van der Waals surface area contributed by atoms with Crippen molar-refractivity contribution in [2.24, 2.45) is 5.73 Å². The number of halogens is 1. The molecule has 0 aliphatic rings. The maximum Gasteiger partial charge on any atom is 0.254 e. The van der Waals surface area contributed by atoms with E-state index < -0.39 is 5.91 Å². The van der Waals surface area contributed by atoms with Crippen molar-refractivity contribution in [3.05, 3.63) is 46.6 Å². The van der Waals surface area contributed by atoms with Gasteiger partial charge in [-0.25, -0.2) is 4.98 Å². The zero-order valence-corrected chi connectivity index (χ0v) is 11.7. The number of carbonyl (C=O) groups excluding carboxylic acids is 1. The topological polar surface area (TPSA) is 93.8 Å². The molecule has 2 heterocycles. The van der Waals surface area contributed by atoms with E-state index in [1.54, 1.807) is 0 Å². The second-order valence-corrected chi connectivity index (χ2v) is 4.55. The highest BCUT2D eigenvalue weighted by Crippen LogP contribution is 2.13. The third-order valence-electron chi connectivity index (χ3n) is 2.64. The number of amides is 1. The summed E-state index contributed by atoms with van der Waals surface area (Å²) < 4.78 is 0. The first kappa shape index (κ1) is 14.2. The molecule has 104 valence electrons. The summed E-state index contributed by atoms with van der Waals surface area (Å²) in [5.74, 6) is -0.261. The van der Waals surface area contributed by atoms with Crippen LogP contribution in [0.2, 0.25) is 5.28 Å². The molecule has 0 aliphatic heterocycles. The number of hydrogen-bond acceptors (Lipinski definition) is 5. The first-order valence-electron chi connectivity index (χ1n) is 6.05. The minimum absolute atomic E-state index is 0.0613. The Hall–Kier alpha value is -2.21. The summed E-state index contributed by atoms with van der Waals surface area (Å²) in [6.07, 6.45) is 2.01. The Morgan fingerprint density at radius 1 is 1.40 bits per heavy atom.